The van der Waals surface area contributed by atoms with Gasteiger partial charge in [0.1, 0.15) is 0 Å². The molecule has 0 aliphatic carbocycles. The predicted molar refractivity (Wildman–Crippen MR) is 106 cm³/mol. The first kappa shape index (κ1) is 22.4. The van der Waals surface area contributed by atoms with Crippen molar-refractivity contribution in [3.8, 4) is 0 Å². The minimum absolute atomic E-state index is 0.0770. The smallest absolute Gasteiger partial charge is 0.307 e. The van der Waals surface area contributed by atoms with E-state index in [1.54, 1.807) is 30.0 Å². The van der Waals surface area contributed by atoms with Crippen LogP contribution >= 0.6 is 0 Å². The van der Waals surface area contributed by atoms with Gasteiger partial charge in [-0.25, -0.2) is 13.1 Å². The van der Waals surface area contributed by atoms with Crippen molar-refractivity contribution in [2.24, 2.45) is 0 Å². The third kappa shape index (κ3) is 6.91. The van der Waals surface area contributed by atoms with Gasteiger partial charge in [0, 0.05) is 19.6 Å². The van der Waals surface area contributed by atoms with Gasteiger partial charge in [-0.2, -0.15) is 0 Å². The van der Waals surface area contributed by atoms with Crippen molar-refractivity contribution in [1.29, 1.82) is 0 Å². The van der Waals surface area contributed by atoms with Crippen LogP contribution in [0.15, 0.2) is 23.1 Å². The van der Waals surface area contributed by atoms with E-state index in [9.17, 15) is 18.0 Å². The lowest BCUT2D eigenvalue weighted by Crippen LogP contribution is -2.37. The molecule has 156 valence electrons. The molecular formula is C20H30N2O5S. The molecule has 0 aromatic heterocycles. The molecule has 0 radical (unpaired) electrons. The fourth-order valence-corrected chi connectivity index (χ4v) is 4.52. The molecule has 1 saturated heterocycles. The number of carbonyl (C=O) groups excluding carboxylic acids is 2. The highest BCUT2D eigenvalue weighted by Gasteiger charge is 2.19. The number of rotatable bonds is 7. The van der Waals surface area contributed by atoms with E-state index >= 15 is 0 Å². The maximum absolute atomic E-state index is 12.4. The van der Waals surface area contributed by atoms with Crippen LogP contribution in [0.2, 0.25) is 0 Å². The lowest BCUT2D eigenvalue weighted by Gasteiger charge is -2.24. The normalized spacial score (nSPS) is 15.6. The van der Waals surface area contributed by atoms with Gasteiger partial charge >= 0.3 is 5.97 Å². The number of carbonyl (C=O) groups is 2. The second-order valence-corrected chi connectivity index (χ2v) is 8.96. The molecule has 7 nitrogen and oxygen atoms in total. The van der Waals surface area contributed by atoms with Gasteiger partial charge in [-0.3, -0.25) is 9.59 Å². The summed E-state index contributed by atoms with van der Waals surface area (Å²) in [5.74, 6) is -0.783. The van der Waals surface area contributed by atoms with Crippen molar-refractivity contribution < 1.29 is 22.7 Å². The number of likely N-dealkylation sites (tertiary alicyclic amines) is 1. The minimum atomic E-state index is -3.69. The molecule has 8 heteroatoms. The van der Waals surface area contributed by atoms with Gasteiger partial charge < -0.3 is 9.64 Å². The fourth-order valence-electron chi connectivity index (χ4n) is 3.27. The summed E-state index contributed by atoms with van der Waals surface area (Å²) in [6.45, 7) is 4.65. The molecule has 28 heavy (non-hydrogen) atoms. The number of hydrogen-bond acceptors (Lipinski definition) is 5. The molecule has 0 atom stereocenters. The summed E-state index contributed by atoms with van der Waals surface area (Å²) < 4.78 is 32.1. The van der Waals surface area contributed by atoms with Crippen LogP contribution in [0.4, 0.5) is 0 Å². The van der Waals surface area contributed by atoms with Crippen molar-refractivity contribution in [2.45, 2.75) is 57.3 Å². The van der Waals surface area contributed by atoms with Crippen molar-refractivity contribution in [2.75, 3.05) is 26.2 Å². The summed E-state index contributed by atoms with van der Waals surface area (Å²) in [5.41, 5.74) is 1.62. The maximum Gasteiger partial charge on any atom is 0.307 e. The Kier molecular flexibility index (Phi) is 8.44. The molecule has 1 heterocycles. The van der Waals surface area contributed by atoms with Gasteiger partial charge in [0.15, 0.2) is 6.61 Å². The lowest BCUT2D eigenvalue weighted by molar-refractivity contribution is -0.152. The number of esters is 1. The molecule has 1 fully saturated rings. The molecule has 0 unspecified atom stereocenters. The second kappa shape index (κ2) is 10.6. The van der Waals surface area contributed by atoms with Crippen molar-refractivity contribution in [3.63, 3.8) is 0 Å². The number of amides is 1. The quantitative estimate of drug-likeness (QED) is 0.697. The van der Waals surface area contributed by atoms with Crippen molar-refractivity contribution >= 4 is 21.9 Å². The number of aryl methyl sites for hydroxylation is 2. The maximum atomic E-state index is 12.4. The highest BCUT2D eigenvalue weighted by Crippen LogP contribution is 2.16. The molecule has 2 rings (SSSR count). The van der Waals surface area contributed by atoms with E-state index in [1.807, 2.05) is 6.92 Å². The number of sulfonamides is 1. The molecule has 0 spiro atoms. The highest BCUT2D eigenvalue weighted by molar-refractivity contribution is 7.89. The summed E-state index contributed by atoms with van der Waals surface area (Å²) in [6.07, 6.45) is 5.25. The van der Waals surface area contributed by atoms with Crippen molar-refractivity contribution in [1.82, 2.24) is 9.62 Å². The third-order valence-corrected chi connectivity index (χ3v) is 6.43. The average molecular weight is 411 g/mol. The van der Waals surface area contributed by atoms with Crippen LogP contribution < -0.4 is 4.72 Å². The Bertz CT molecular complexity index is 784. The molecule has 1 aromatic rings. The number of benzene rings is 1. The summed E-state index contributed by atoms with van der Waals surface area (Å²) in [5, 5.41) is 0. The van der Waals surface area contributed by atoms with Gasteiger partial charge in [-0.1, -0.05) is 37.0 Å². The Labute approximate surface area is 167 Å². The lowest BCUT2D eigenvalue weighted by atomic mass is 10.1. The van der Waals surface area contributed by atoms with Crippen LogP contribution in [-0.4, -0.2) is 51.4 Å². The number of hydrogen-bond donors (Lipinski definition) is 1. The number of nitrogens with zero attached hydrogens (tertiary/aromatic N) is 1. The van der Waals surface area contributed by atoms with Gasteiger partial charge in [0.05, 0.1) is 11.3 Å². The van der Waals surface area contributed by atoms with Crippen LogP contribution in [-0.2, 0) is 24.3 Å². The molecular weight excluding hydrogens is 380 g/mol. The number of ether oxygens (including phenoxy) is 1. The Morgan fingerprint density at radius 1 is 1.07 bits per heavy atom. The summed E-state index contributed by atoms with van der Waals surface area (Å²) in [6, 6.07) is 5.07. The second-order valence-electron chi connectivity index (χ2n) is 7.23. The topological polar surface area (TPSA) is 92.8 Å². The van der Waals surface area contributed by atoms with Crippen LogP contribution in [0, 0.1) is 13.8 Å². The molecule has 0 bridgehead atoms. The molecule has 1 aliphatic rings. The molecule has 1 N–H and O–H groups in total. The standard InChI is InChI=1S/C20H30N2O5S/c1-16-8-9-18(17(2)14-16)28(25,26)21-11-10-20(24)27-15-19(23)22-12-6-4-3-5-7-13-22/h8-9,14,21H,3-7,10-13,15H2,1-2H3. The first-order valence-corrected chi connectivity index (χ1v) is 11.3. The SMILES string of the molecule is Cc1ccc(S(=O)(=O)NCCC(=O)OCC(=O)N2CCCCCCC2)c(C)c1. The highest BCUT2D eigenvalue weighted by atomic mass is 32.2. The third-order valence-electron chi connectivity index (χ3n) is 4.81. The van der Waals surface area contributed by atoms with Crippen molar-refractivity contribution in [3.05, 3.63) is 29.3 Å². The molecule has 1 amide bonds. The van der Waals surface area contributed by atoms with Crippen LogP contribution in [0.5, 0.6) is 0 Å². The van der Waals surface area contributed by atoms with Gasteiger partial charge in [-0.15, -0.1) is 0 Å². The Hall–Kier alpha value is -1.93. The Balaban J connectivity index is 1.75. The van der Waals surface area contributed by atoms with E-state index in [2.05, 4.69) is 4.72 Å². The average Bonchev–Trinajstić information content (AvgIpc) is 2.59. The molecule has 1 aromatic carbocycles. The van der Waals surface area contributed by atoms with Crippen LogP contribution in [0.25, 0.3) is 0 Å². The monoisotopic (exact) mass is 410 g/mol. The van der Waals surface area contributed by atoms with E-state index in [0.717, 1.165) is 31.2 Å². The zero-order chi connectivity index (χ0) is 20.6. The summed E-state index contributed by atoms with van der Waals surface area (Å²) >= 11 is 0. The molecule has 1 aliphatic heterocycles. The first-order chi connectivity index (χ1) is 13.3. The van der Waals surface area contributed by atoms with Crippen LogP contribution in [0.1, 0.15) is 49.7 Å². The zero-order valence-corrected chi connectivity index (χ0v) is 17.5. The van der Waals surface area contributed by atoms with Gasteiger partial charge in [-0.05, 0) is 38.3 Å². The van der Waals surface area contributed by atoms with E-state index in [4.69, 9.17) is 4.74 Å². The summed E-state index contributed by atoms with van der Waals surface area (Å²) in [7, 11) is -3.69. The predicted octanol–water partition coefficient (Wildman–Crippen LogP) is 2.31. The van der Waals surface area contributed by atoms with Gasteiger partial charge in [0.2, 0.25) is 10.0 Å². The van der Waals surface area contributed by atoms with E-state index in [0.29, 0.717) is 18.7 Å². The van der Waals surface area contributed by atoms with Gasteiger partial charge in [0.25, 0.3) is 5.91 Å². The first-order valence-electron chi connectivity index (χ1n) is 9.80. The number of nitrogens with one attached hydrogen (secondary N) is 1. The summed E-state index contributed by atoms with van der Waals surface area (Å²) in [4.78, 5) is 26.0. The zero-order valence-electron chi connectivity index (χ0n) is 16.7. The molecule has 0 saturated carbocycles. The Morgan fingerprint density at radius 3 is 2.36 bits per heavy atom. The minimum Gasteiger partial charge on any atom is -0.456 e. The largest absolute Gasteiger partial charge is 0.456 e. The van der Waals surface area contributed by atoms with E-state index < -0.39 is 16.0 Å². The Morgan fingerprint density at radius 2 is 1.71 bits per heavy atom. The van der Waals surface area contributed by atoms with Crippen LogP contribution in [0.3, 0.4) is 0 Å². The van der Waals surface area contributed by atoms with E-state index in [1.165, 1.54) is 6.42 Å². The fraction of sp³-hybridized carbons (Fsp3) is 0.600. The van der Waals surface area contributed by atoms with E-state index in [-0.39, 0.29) is 30.4 Å².